The van der Waals surface area contributed by atoms with Gasteiger partial charge in [-0.25, -0.2) is 13.1 Å². The summed E-state index contributed by atoms with van der Waals surface area (Å²) in [7, 11) is -3.52. The summed E-state index contributed by atoms with van der Waals surface area (Å²) >= 11 is 6.64. The van der Waals surface area contributed by atoms with E-state index < -0.39 is 10.0 Å². The zero-order valence-electron chi connectivity index (χ0n) is 10.7. The lowest BCUT2D eigenvalue weighted by Gasteiger charge is -2.15. The highest BCUT2D eigenvalue weighted by molar-refractivity contribution is 9.10. The maximum absolute atomic E-state index is 12.3. The molecule has 106 valence electrons. The van der Waals surface area contributed by atoms with Crippen LogP contribution in [-0.2, 0) is 10.0 Å². The zero-order valence-corrected chi connectivity index (χ0v) is 14.7. The molecule has 0 bridgehead atoms. The Bertz CT molecular complexity index is 682. The highest BCUT2D eigenvalue weighted by Gasteiger charge is 2.18. The molecule has 0 aromatic heterocycles. The lowest BCUT2D eigenvalue weighted by atomic mass is 10.1. The number of hydrogen-bond acceptors (Lipinski definition) is 2. The third-order valence-electron chi connectivity index (χ3n) is 2.83. The molecule has 2 aromatic rings. The monoisotopic (exact) mass is 417 g/mol. The second-order valence-electron chi connectivity index (χ2n) is 4.35. The van der Waals surface area contributed by atoms with E-state index in [1.807, 2.05) is 31.2 Å². The molecule has 0 aliphatic heterocycles. The van der Waals surface area contributed by atoms with Crippen LogP contribution in [0.5, 0.6) is 0 Å². The molecule has 2 rings (SSSR count). The second kappa shape index (κ2) is 6.39. The summed E-state index contributed by atoms with van der Waals surface area (Å²) in [5.74, 6) is 0. The van der Waals surface area contributed by atoms with Crippen molar-refractivity contribution < 1.29 is 8.42 Å². The zero-order chi connectivity index (χ0) is 14.8. The van der Waals surface area contributed by atoms with E-state index in [0.29, 0.717) is 0 Å². The number of hydrogen-bond donors (Lipinski definition) is 1. The van der Waals surface area contributed by atoms with E-state index in [0.717, 1.165) is 14.5 Å². The van der Waals surface area contributed by atoms with Crippen LogP contribution in [0.2, 0.25) is 0 Å². The molecule has 20 heavy (non-hydrogen) atoms. The smallest absolute Gasteiger partial charge is 0.207 e. The average Bonchev–Trinajstić information content (AvgIpc) is 2.39. The summed E-state index contributed by atoms with van der Waals surface area (Å²) in [6.45, 7) is 1.82. The Hall–Kier alpha value is -0.690. The van der Waals surface area contributed by atoms with Gasteiger partial charge in [-0.05, 0) is 48.9 Å². The van der Waals surface area contributed by atoms with E-state index in [9.17, 15) is 8.42 Å². The van der Waals surface area contributed by atoms with Crippen LogP contribution in [0, 0.1) is 0 Å². The quantitative estimate of drug-likeness (QED) is 0.806. The van der Waals surface area contributed by atoms with Gasteiger partial charge < -0.3 is 0 Å². The highest BCUT2D eigenvalue weighted by Crippen LogP contribution is 2.20. The van der Waals surface area contributed by atoms with Crippen molar-refractivity contribution >= 4 is 41.9 Å². The van der Waals surface area contributed by atoms with Gasteiger partial charge in [0.1, 0.15) is 0 Å². The van der Waals surface area contributed by atoms with Crippen LogP contribution >= 0.6 is 31.9 Å². The first-order chi connectivity index (χ1) is 9.38. The first-order valence-corrected chi connectivity index (χ1v) is 8.99. The number of rotatable bonds is 4. The molecule has 2 aromatic carbocycles. The summed E-state index contributed by atoms with van der Waals surface area (Å²) in [6.07, 6.45) is 0. The molecule has 0 heterocycles. The van der Waals surface area contributed by atoms with Gasteiger partial charge in [-0.2, -0.15) is 0 Å². The summed E-state index contributed by atoms with van der Waals surface area (Å²) < 4.78 is 29.0. The van der Waals surface area contributed by atoms with E-state index >= 15 is 0 Å². The lowest BCUT2D eigenvalue weighted by molar-refractivity contribution is 0.567. The molecule has 0 unspecified atom stereocenters. The molecular weight excluding hydrogens is 406 g/mol. The number of halogens is 2. The summed E-state index contributed by atoms with van der Waals surface area (Å²) in [5, 5.41) is 0. The molecule has 0 aliphatic carbocycles. The standard InChI is InChI=1S/C14H13Br2NO2S/c1-10(11-2-4-12(15)5-3-11)17-20(18,19)14-8-6-13(16)7-9-14/h2-10,17H,1H3/t10-/m0/s1. The van der Waals surface area contributed by atoms with Crippen LogP contribution in [-0.4, -0.2) is 8.42 Å². The molecule has 6 heteroatoms. The minimum Gasteiger partial charge on any atom is -0.207 e. The topological polar surface area (TPSA) is 46.2 Å². The van der Waals surface area contributed by atoms with Crippen LogP contribution in [0.15, 0.2) is 62.4 Å². The van der Waals surface area contributed by atoms with Gasteiger partial charge in [0.2, 0.25) is 10.0 Å². The highest BCUT2D eigenvalue weighted by atomic mass is 79.9. The van der Waals surface area contributed by atoms with Crippen molar-refractivity contribution in [2.24, 2.45) is 0 Å². The van der Waals surface area contributed by atoms with Crippen molar-refractivity contribution in [2.45, 2.75) is 17.9 Å². The van der Waals surface area contributed by atoms with Gasteiger partial charge >= 0.3 is 0 Å². The van der Waals surface area contributed by atoms with E-state index in [1.54, 1.807) is 24.3 Å². The maximum atomic E-state index is 12.3. The van der Waals surface area contributed by atoms with Gasteiger partial charge in [0, 0.05) is 15.0 Å². The lowest BCUT2D eigenvalue weighted by Crippen LogP contribution is -2.26. The first-order valence-electron chi connectivity index (χ1n) is 5.92. The number of benzene rings is 2. The fraction of sp³-hybridized carbons (Fsp3) is 0.143. The Labute approximate surface area is 135 Å². The van der Waals surface area contributed by atoms with Crippen molar-refractivity contribution in [2.75, 3.05) is 0 Å². The summed E-state index contributed by atoms with van der Waals surface area (Å²) in [5.41, 5.74) is 0.911. The number of sulfonamides is 1. The molecule has 0 radical (unpaired) electrons. The van der Waals surface area contributed by atoms with Crippen molar-refractivity contribution in [3.05, 3.63) is 63.0 Å². The van der Waals surface area contributed by atoms with E-state index in [4.69, 9.17) is 0 Å². The van der Waals surface area contributed by atoms with Crippen molar-refractivity contribution in [3.8, 4) is 0 Å². The molecule has 0 fully saturated rings. The normalized spacial score (nSPS) is 13.2. The largest absolute Gasteiger partial charge is 0.241 e. The van der Waals surface area contributed by atoms with Crippen LogP contribution in [0.4, 0.5) is 0 Å². The van der Waals surface area contributed by atoms with E-state index in [2.05, 4.69) is 36.6 Å². The molecule has 0 saturated carbocycles. The van der Waals surface area contributed by atoms with Crippen LogP contribution < -0.4 is 4.72 Å². The average molecular weight is 419 g/mol. The maximum Gasteiger partial charge on any atom is 0.241 e. The van der Waals surface area contributed by atoms with Crippen LogP contribution in [0.1, 0.15) is 18.5 Å². The van der Waals surface area contributed by atoms with Gasteiger partial charge in [0.25, 0.3) is 0 Å². The third kappa shape index (κ3) is 3.91. The molecule has 0 amide bonds. The summed E-state index contributed by atoms with van der Waals surface area (Å²) in [4.78, 5) is 0.254. The van der Waals surface area contributed by atoms with Crippen LogP contribution in [0.3, 0.4) is 0 Å². The van der Waals surface area contributed by atoms with Gasteiger partial charge in [0.05, 0.1) is 4.90 Å². The van der Waals surface area contributed by atoms with Gasteiger partial charge in [-0.3, -0.25) is 0 Å². The molecule has 0 spiro atoms. The van der Waals surface area contributed by atoms with Crippen molar-refractivity contribution in [3.63, 3.8) is 0 Å². The second-order valence-corrected chi connectivity index (χ2v) is 7.89. The molecule has 1 N–H and O–H groups in total. The van der Waals surface area contributed by atoms with Crippen molar-refractivity contribution in [1.82, 2.24) is 4.72 Å². The Morgan fingerprint density at radius 1 is 0.900 bits per heavy atom. The van der Waals surface area contributed by atoms with Gasteiger partial charge in [0.15, 0.2) is 0 Å². The van der Waals surface area contributed by atoms with Crippen LogP contribution in [0.25, 0.3) is 0 Å². The van der Waals surface area contributed by atoms with Gasteiger partial charge in [-0.15, -0.1) is 0 Å². The Morgan fingerprint density at radius 2 is 1.35 bits per heavy atom. The predicted octanol–water partition coefficient (Wildman–Crippen LogP) is 4.25. The number of nitrogens with one attached hydrogen (secondary N) is 1. The molecular formula is C14H13Br2NO2S. The van der Waals surface area contributed by atoms with E-state index in [-0.39, 0.29) is 10.9 Å². The minimum absolute atomic E-state index is 0.254. The SMILES string of the molecule is C[C@H](NS(=O)(=O)c1ccc(Br)cc1)c1ccc(Br)cc1. The van der Waals surface area contributed by atoms with Gasteiger partial charge in [-0.1, -0.05) is 44.0 Å². The molecule has 3 nitrogen and oxygen atoms in total. The Kier molecular flexibility index (Phi) is 5.01. The minimum atomic E-state index is -3.52. The molecule has 1 atom stereocenters. The molecule has 0 saturated heterocycles. The van der Waals surface area contributed by atoms with E-state index in [1.165, 1.54) is 0 Å². The first kappa shape index (κ1) is 15.7. The third-order valence-corrected chi connectivity index (χ3v) is 5.44. The van der Waals surface area contributed by atoms with Crippen molar-refractivity contribution in [1.29, 1.82) is 0 Å². The molecule has 0 aliphatic rings. The Morgan fingerprint density at radius 3 is 1.85 bits per heavy atom. The Balaban J connectivity index is 2.19. The predicted molar refractivity (Wildman–Crippen MR) is 87.0 cm³/mol. The fourth-order valence-corrected chi connectivity index (χ4v) is 3.49. The fourth-order valence-electron chi connectivity index (χ4n) is 1.73. The summed E-state index contributed by atoms with van der Waals surface area (Å²) in [6, 6.07) is 13.8.